The third-order valence-corrected chi connectivity index (χ3v) is 7.59. The largest absolute Gasteiger partial charge is 0.322 e. The molecule has 4 rings (SSSR count). The van der Waals surface area contributed by atoms with Gasteiger partial charge >= 0.3 is 0 Å². The minimum absolute atomic E-state index is 0.153. The van der Waals surface area contributed by atoms with Crippen LogP contribution in [-0.2, 0) is 23.0 Å². The lowest BCUT2D eigenvalue weighted by Gasteiger charge is -2.28. The predicted molar refractivity (Wildman–Crippen MR) is 123 cm³/mol. The molecule has 3 aromatic rings. The summed E-state index contributed by atoms with van der Waals surface area (Å²) in [6.45, 7) is 6.62. The summed E-state index contributed by atoms with van der Waals surface area (Å²) in [6, 6.07) is 18.3. The minimum Gasteiger partial charge on any atom is -0.322 e. The molecule has 0 aromatic heterocycles. The molecule has 0 aliphatic carbocycles. The van der Waals surface area contributed by atoms with Crippen LogP contribution in [0.4, 0.5) is 5.69 Å². The number of rotatable bonds is 4. The summed E-state index contributed by atoms with van der Waals surface area (Å²) in [7, 11) is -3.55. The van der Waals surface area contributed by atoms with Gasteiger partial charge in [0, 0.05) is 24.3 Å². The van der Waals surface area contributed by atoms with Crippen LogP contribution in [0, 0.1) is 20.8 Å². The number of hydrogen-bond acceptors (Lipinski definition) is 3. The Labute approximate surface area is 183 Å². The molecule has 31 heavy (non-hydrogen) atoms. The van der Waals surface area contributed by atoms with Gasteiger partial charge in [0.1, 0.15) is 0 Å². The summed E-state index contributed by atoms with van der Waals surface area (Å²) in [5, 5.41) is 2.99. The summed E-state index contributed by atoms with van der Waals surface area (Å²) in [6.07, 6.45) is 0.645. The van der Waals surface area contributed by atoms with Crippen LogP contribution in [-0.4, -0.2) is 25.2 Å². The highest BCUT2D eigenvalue weighted by Gasteiger charge is 2.28. The molecule has 1 aliphatic heterocycles. The van der Waals surface area contributed by atoms with E-state index in [0.717, 1.165) is 27.8 Å². The number of sulfonamides is 1. The van der Waals surface area contributed by atoms with Crippen LogP contribution in [0.1, 0.15) is 38.2 Å². The van der Waals surface area contributed by atoms with E-state index in [-0.39, 0.29) is 5.91 Å². The molecular formula is C25H26N2O3S. The number of hydrogen-bond donors (Lipinski definition) is 1. The van der Waals surface area contributed by atoms with Gasteiger partial charge in [-0.05, 0) is 73.7 Å². The Hall–Kier alpha value is -2.96. The van der Waals surface area contributed by atoms with Crippen molar-refractivity contribution in [3.05, 3.63) is 94.0 Å². The Bertz CT molecular complexity index is 1230. The second-order valence-electron chi connectivity index (χ2n) is 8.11. The van der Waals surface area contributed by atoms with Crippen LogP contribution in [0.15, 0.2) is 65.6 Å². The number of nitrogens with one attached hydrogen (secondary N) is 1. The van der Waals surface area contributed by atoms with Crippen molar-refractivity contribution in [2.24, 2.45) is 0 Å². The fraction of sp³-hybridized carbons (Fsp3) is 0.240. The van der Waals surface area contributed by atoms with Crippen molar-refractivity contribution < 1.29 is 13.2 Å². The summed E-state index contributed by atoms with van der Waals surface area (Å²) in [5.41, 5.74) is 6.38. The standard InChI is InChI=1S/C25H26N2O3S/c1-17-13-18(2)24(19(3)14-17)25(28)26-22-10-9-20-11-12-27(16-21(20)15-22)31(29,30)23-7-5-4-6-8-23/h4-10,13-15H,11-12,16H2,1-3H3,(H,26,28). The first-order chi connectivity index (χ1) is 14.8. The van der Waals surface area contributed by atoms with Gasteiger partial charge in [-0.15, -0.1) is 0 Å². The Morgan fingerprint density at radius 2 is 1.58 bits per heavy atom. The summed E-state index contributed by atoms with van der Waals surface area (Å²) >= 11 is 0. The maximum Gasteiger partial charge on any atom is 0.256 e. The normalized spacial score (nSPS) is 14.2. The van der Waals surface area contributed by atoms with E-state index in [1.54, 1.807) is 30.3 Å². The SMILES string of the molecule is Cc1cc(C)c(C(=O)Nc2ccc3c(c2)CN(S(=O)(=O)c2ccccc2)CC3)c(C)c1. The number of amides is 1. The van der Waals surface area contributed by atoms with Gasteiger partial charge < -0.3 is 5.32 Å². The van der Waals surface area contributed by atoms with Gasteiger partial charge in [0.25, 0.3) is 5.91 Å². The maximum atomic E-state index is 13.0. The molecule has 160 valence electrons. The van der Waals surface area contributed by atoms with E-state index < -0.39 is 10.0 Å². The lowest BCUT2D eigenvalue weighted by molar-refractivity contribution is 0.102. The van der Waals surface area contributed by atoms with E-state index in [1.165, 1.54) is 4.31 Å². The Morgan fingerprint density at radius 3 is 2.26 bits per heavy atom. The van der Waals surface area contributed by atoms with Gasteiger partial charge in [0.05, 0.1) is 4.90 Å². The summed E-state index contributed by atoms with van der Waals surface area (Å²) < 4.78 is 27.5. The van der Waals surface area contributed by atoms with E-state index in [1.807, 2.05) is 51.1 Å². The molecule has 0 saturated carbocycles. The number of aryl methyl sites for hydroxylation is 3. The van der Waals surface area contributed by atoms with Crippen LogP contribution in [0.3, 0.4) is 0 Å². The smallest absolute Gasteiger partial charge is 0.256 e. The van der Waals surface area contributed by atoms with Crippen molar-refractivity contribution >= 4 is 21.6 Å². The maximum absolute atomic E-state index is 13.0. The number of anilines is 1. The number of benzene rings is 3. The highest BCUT2D eigenvalue weighted by atomic mass is 32.2. The summed E-state index contributed by atoms with van der Waals surface area (Å²) in [5.74, 6) is -0.153. The molecule has 0 radical (unpaired) electrons. The quantitative estimate of drug-likeness (QED) is 0.652. The van der Waals surface area contributed by atoms with Gasteiger partial charge in [-0.2, -0.15) is 4.31 Å². The second kappa shape index (κ2) is 8.29. The van der Waals surface area contributed by atoms with E-state index >= 15 is 0 Å². The van der Waals surface area contributed by atoms with Gasteiger partial charge in [-0.1, -0.05) is 42.0 Å². The fourth-order valence-corrected chi connectivity index (χ4v) is 5.73. The zero-order valence-electron chi connectivity index (χ0n) is 18.0. The molecule has 3 aromatic carbocycles. The lowest BCUT2D eigenvalue weighted by atomic mass is 9.98. The van der Waals surface area contributed by atoms with Crippen molar-refractivity contribution in [2.45, 2.75) is 38.6 Å². The first kappa shape index (κ1) is 21.3. The second-order valence-corrected chi connectivity index (χ2v) is 10.1. The van der Waals surface area contributed by atoms with Gasteiger partial charge in [-0.25, -0.2) is 8.42 Å². The van der Waals surface area contributed by atoms with Gasteiger partial charge in [0.15, 0.2) is 0 Å². The van der Waals surface area contributed by atoms with Crippen LogP contribution in [0.2, 0.25) is 0 Å². The first-order valence-corrected chi connectivity index (χ1v) is 11.8. The molecule has 0 unspecified atom stereocenters. The molecule has 1 N–H and O–H groups in total. The van der Waals surface area contributed by atoms with E-state index in [4.69, 9.17) is 0 Å². The predicted octanol–water partition coefficient (Wildman–Crippen LogP) is 4.61. The molecule has 0 spiro atoms. The van der Waals surface area contributed by atoms with Crippen LogP contribution >= 0.6 is 0 Å². The molecule has 6 heteroatoms. The van der Waals surface area contributed by atoms with Crippen LogP contribution in [0.5, 0.6) is 0 Å². The molecule has 1 aliphatic rings. The van der Waals surface area contributed by atoms with Crippen molar-refractivity contribution in [1.29, 1.82) is 0 Å². The first-order valence-electron chi connectivity index (χ1n) is 10.3. The Kier molecular flexibility index (Phi) is 5.69. The zero-order chi connectivity index (χ0) is 22.2. The molecule has 0 saturated heterocycles. The number of carbonyl (C=O) groups is 1. The third-order valence-electron chi connectivity index (χ3n) is 5.73. The van der Waals surface area contributed by atoms with Gasteiger partial charge in [0.2, 0.25) is 10.0 Å². The molecule has 0 fully saturated rings. The van der Waals surface area contributed by atoms with E-state index in [9.17, 15) is 13.2 Å². The summed E-state index contributed by atoms with van der Waals surface area (Å²) in [4.78, 5) is 13.2. The highest BCUT2D eigenvalue weighted by Crippen LogP contribution is 2.27. The van der Waals surface area contributed by atoms with E-state index in [0.29, 0.717) is 35.7 Å². The van der Waals surface area contributed by atoms with Crippen molar-refractivity contribution in [2.75, 3.05) is 11.9 Å². The average Bonchev–Trinajstić information content (AvgIpc) is 2.73. The molecular weight excluding hydrogens is 408 g/mol. The number of carbonyl (C=O) groups excluding carboxylic acids is 1. The topological polar surface area (TPSA) is 66.5 Å². The van der Waals surface area contributed by atoms with Crippen LogP contribution < -0.4 is 5.32 Å². The fourth-order valence-electron chi connectivity index (χ4n) is 4.29. The Balaban J connectivity index is 1.57. The van der Waals surface area contributed by atoms with Crippen molar-refractivity contribution in [1.82, 2.24) is 4.31 Å². The van der Waals surface area contributed by atoms with Crippen molar-refractivity contribution in [3.63, 3.8) is 0 Å². The van der Waals surface area contributed by atoms with Gasteiger partial charge in [-0.3, -0.25) is 4.79 Å². The Morgan fingerprint density at radius 1 is 0.903 bits per heavy atom. The molecule has 0 atom stereocenters. The van der Waals surface area contributed by atoms with Crippen molar-refractivity contribution in [3.8, 4) is 0 Å². The molecule has 1 amide bonds. The number of fused-ring (bicyclic) bond motifs is 1. The van der Waals surface area contributed by atoms with E-state index in [2.05, 4.69) is 5.32 Å². The minimum atomic E-state index is -3.55. The zero-order valence-corrected chi connectivity index (χ0v) is 18.8. The third kappa shape index (κ3) is 4.27. The molecule has 5 nitrogen and oxygen atoms in total. The molecule has 1 heterocycles. The molecule has 0 bridgehead atoms. The monoisotopic (exact) mass is 434 g/mol. The average molecular weight is 435 g/mol. The number of nitrogens with zero attached hydrogens (tertiary/aromatic N) is 1. The lowest BCUT2D eigenvalue weighted by Crippen LogP contribution is -2.36. The highest BCUT2D eigenvalue weighted by molar-refractivity contribution is 7.89. The van der Waals surface area contributed by atoms with Crippen LogP contribution in [0.25, 0.3) is 0 Å².